The molecule has 0 aliphatic carbocycles. The predicted molar refractivity (Wildman–Crippen MR) is 47.5 cm³/mol. The van der Waals surface area contributed by atoms with Gasteiger partial charge in [0.05, 0.1) is 4.92 Å². The van der Waals surface area contributed by atoms with Crippen LogP contribution in [0.4, 0.5) is 5.69 Å². The normalized spacial score (nSPS) is 9.54. The fourth-order valence-corrected chi connectivity index (χ4v) is 1.05. The van der Waals surface area contributed by atoms with Crippen LogP contribution in [0.3, 0.4) is 0 Å². The van der Waals surface area contributed by atoms with Gasteiger partial charge in [-0.05, 0) is 12.0 Å². The van der Waals surface area contributed by atoms with E-state index in [2.05, 4.69) is 0 Å². The molecule has 1 rings (SSSR count). The van der Waals surface area contributed by atoms with E-state index in [-0.39, 0.29) is 5.69 Å². The number of rotatable bonds is 4. The van der Waals surface area contributed by atoms with Crippen molar-refractivity contribution in [1.29, 1.82) is 0 Å². The van der Waals surface area contributed by atoms with Crippen molar-refractivity contribution >= 4 is 12.0 Å². The topological polar surface area (TPSA) is 60.2 Å². The molecule has 0 heterocycles. The van der Waals surface area contributed by atoms with Crippen LogP contribution < -0.4 is 0 Å². The van der Waals surface area contributed by atoms with Crippen molar-refractivity contribution in [2.24, 2.45) is 0 Å². The highest BCUT2D eigenvalue weighted by atomic mass is 16.6. The first-order chi connectivity index (χ1) is 6.24. The van der Waals surface area contributed by atoms with Crippen molar-refractivity contribution < 1.29 is 9.72 Å². The summed E-state index contributed by atoms with van der Waals surface area (Å²) in [5, 5.41) is 10.4. The number of aryl methyl sites for hydroxylation is 1. The number of nitrogens with zero attached hydrogens (tertiary/aromatic N) is 1. The van der Waals surface area contributed by atoms with E-state index in [1.54, 1.807) is 12.1 Å². The Balaban J connectivity index is 2.79. The van der Waals surface area contributed by atoms with Crippen LogP contribution in [0.1, 0.15) is 12.0 Å². The number of nitro benzene ring substituents is 1. The Morgan fingerprint density at radius 2 is 2.23 bits per heavy atom. The summed E-state index contributed by atoms with van der Waals surface area (Å²) in [6.07, 6.45) is 1.77. The number of hydrogen-bond acceptors (Lipinski definition) is 3. The molecule has 0 radical (unpaired) electrons. The maximum Gasteiger partial charge on any atom is 0.269 e. The fourth-order valence-electron chi connectivity index (χ4n) is 1.05. The van der Waals surface area contributed by atoms with E-state index in [1.165, 1.54) is 12.1 Å². The maximum atomic E-state index is 10.4. The van der Waals surface area contributed by atoms with Gasteiger partial charge in [-0.1, -0.05) is 12.1 Å². The minimum absolute atomic E-state index is 0.0726. The first kappa shape index (κ1) is 9.38. The molecule has 1 aromatic rings. The molecule has 0 saturated carbocycles. The van der Waals surface area contributed by atoms with Gasteiger partial charge in [0, 0.05) is 18.6 Å². The molecule has 0 aliphatic heterocycles. The predicted octanol–water partition coefficient (Wildman–Crippen LogP) is 1.73. The molecular formula is C9H9NO3. The van der Waals surface area contributed by atoms with E-state index in [9.17, 15) is 14.9 Å². The first-order valence-corrected chi connectivity index (χ1v) is 3.91. The molecule has 0 atom stereocenters. The summed E-state index contributed by atoms with van der Waals surface area (Å²) < 4.78 is 0. The minimum atomic E-state index is -0.440. The maximum absolute atomic E-state index is 10.4. The Morgan fingerprint density at radius 3 is 2.85 bits per heavy atom. The van der Waals surface area contributed by atoms with E-state index in [4.69, 9.17) is 0 Å². The van der Waals surface area contributed by atoms with Crippen LogP contribution in [0, 0.1) is 10.1 Å². The third-order valence-corrected chi connectivity index (χ3v) is 1.67. The Morgan fingerprint density at radius 1 is 1.46 bits per heavy atom. The number of benzene rings is 1. The Bertz CT molecular complexity index is 322. The summed E-state index contributed by atoms with van der Waals surface area (Å²) in [4.78, 5) is 20.0. The summed E-state index contributed by atoms with van der Waals surface area (Å²) in [7, 11) is 0. The monoisotopic (exact) mass is 179 g/mol. The summed E-state index contributed by atoms with van der Waals surface area (Å²) in [5.74, 6) is 0. The third kappa shape index (κ3) is 2.66. The van der Waals surface area contributed by atoms with Crippen LogP contribution in [-0.2, 0) is 11.2 Å². The van der Waals surface area contributed by atoms with E-state index < -0.39 is 4.92 Å². The lowest BCUT2D eigenvalue weighted by atomic mass is 10.1. The molecule has 0 spiro atoms. The highest BCUT2D eigenvalue weighted by molar-refractivity contribution is 5.50. The van der Waals surface area contributed by atoms with Crippen molar-refractivity contribution in [3.8, 4) is 0 Å². The number of carbonyl (C=O) groups excluding carboxylic acids is 1. The standard InChI is InChI=1S/C9H9NO3/c11-6-2-4-8-3-1-5-9(7-8)10(12)13/h1,3,5-7H,2,4H2. The molecule has 1 aromatic carbocycles. The molecule has 4 nitrogen and oxygen atoms in total. The van der Waals surface area contributed by atoms with Crippen LogP contribution in [-0.4, -0.2) is 11.2 Å². The quantitative estimate of drug-likeness (QED) is 0.401. The van der Waals surface area contributed by atoms with Crippen LogP contribution in [0.25, 0.3) is 0 Å². The van der Waals surface area contributed by atoms with Crippen molar-refractivity contribution in [3.63, 3.8) is 0 Å². The van der Waals surface area contributed by atoms with E-state index >= 15 is 0 Å². The number of nitro groups is 1. The zero-order valence-electron chi connectivity index (χ0n) is 6.97. The number of non-ortho nitro benzene ring substituents is 1. The second-order valence-corrected chi connectivity index (χ2v) is 2.63. The number of hydrogen-bond donors (Lipinski definition) is 0. The van der Waals surface area contributed by atoms with Gasteiger partial charge in [-0.2, -0.15) is 0 Å². The lowest BCUT2D eigenvalue weighted by Gasteiger charge is -1.96. The molecule has 0 saturated heterocycles. The van der Waals surface area contributed by atoms with Crippen LogP contribution in [0.2, 0.25) is 0 Å². The van der Waals surface area contributed by atoms with Gasteiger partial charge in [0.2, 0.25) is 0 Å². The van der Waals surface area contributed by atoms with Gasteiger partial charge in [-0.15, -0.1) is 0 Å². The van der Waals surface area contributed by atoms with Gasteiger partial charge in [-0.25, -0.2) is 0 Å². The van der Waals surface area contributed by atoms with Crippen LogP contribution >= 0.6 is 0 Å². The average molecular weight is 179 g/mol. The summed E-state index contributed by atoms with van der Waals surface area (Å²) in [6.45, 7) is 0. The zero-order chi connectivity index (χ0) is 9.68. The summed E-state index contributed by atoms with van der Waals surface area (Å²) >= 11 is 0. The first-order valence-electron chi connectivity index (χ1n) is 3.91. The van der Waals surface area contributed by atoms with Gasteiger partial charge in [-0.3, -0.25) is 10.1 Å². The smallest absolute Gasteiger partial charge is 0.269 e. The van der Waals surface area contributed by atoms with Crippen molar-refractivity contribution in [2.45, 2.75) is 12.8 Å². The van der Waals surface area contributed by atoms with Crippen molar-refractivity contribution in [3.05, 3.63) is 39.9 Å². The SMILES string of the molecule is O=CCCc1cccc([N+](=O)[O-])c1. The highest BCUT2D eigenvalue weighted by Gasteiger charge is 2.04. The van der Waals surface area contributed by atoms with Gasteiger partial charge in [0.1, 0.15) is 6.29 Å². The molecule has 0 aromatic heterocycles. The Kier molecular flexibility index (Phi) is 3.14. The molecule has 0 unspecified atom stereocenters. The van der Waals surface area contributed by atoms with E-state index in [0.29, 0.717) is 12.8 Å². The van der Waals surface area contributed by atoms with Crippen LogP contribution in [0.5, 0.6) is 0 Å². The molecular weight excluding hydrogens is 170 g/mol. The second kappa shape index (κ2) is 4.35. The third-order valence-electron chi connectivity index (χ3n) is 1.67. The lowest BCUT2D eigenvalue weighted by Crippen LogP contribution is -1.91. The molecule has 0 aliphatic rings. The number of carbonyl (C=O) groups is 1. The summed E-state index contributed by atoms with van der Waals surface area (Å²) in [5.41, 5.74) is 0.893. The van der Waals surface area contributed by atoms with Crippen LogP contribution in [0.15, 0.2) is 24.3 Å². The van der Waals surface area contributed by atoms with Crippen molar-refractivity contribution in [2.75, 3.05) is 0 Å². The lowest BCUT2D eigenvalue weighted by molar-refractivity contribution is -0.384. The average Bonchev–Trinajstić information content (AvgIpc) is 2.15. The molecule has 0 amide bonds. The van der Waals surface area contributed by atoms with Crippen molar-refractivity contribution in [1.82, 2.24) is 0 Å². The van der Waals surface area contributed by atoms with E-state index in [0.717, 1.165) is 11.8 Å². The number of aldehydes is 1. The molecule has 0 N–H and O–H groups in total. The molecule has 4 heteroatoms. The Hall–Kier alpha value is -1.71. The zero-order valence-corrected chi connectivity index (χ0v) is 6.97. The van der Waals surface area contributed by atoms with Gasteiger partial charge >= 0.3 is 0 Å². The second-order valence-electron chi connectivity index (χ2n) is 2.63. The van der Waals surface area contributed by atoms with Gasteiger partial charge in [0.25, 0.3) is 5.69 Å². The molecule has 68 valence electrons. The summed E-state index contributed by atoms with van der Waals surface area (Å²) in [6, 6.07) is 6.32. The molecule has 13 heavy (non-hydrogen) atoms. The fraction of sp³-hybridized carbons (Fsp3) is 0.222. The highest BCUT2D eigenvalue weighted by Crippen LogP contribution is 2.13. The Labute approximate surface area is 75.3 Å². The van der Waals surface area contributed by atoms with E-state index in [1.807, 2.05) is 0 Å². The molecule has 0 bridgehead atoms. The largest absolute Gasteiger partial charge is 0.303 e. The minimum Gasteiger partial charge on any atom is -0.303 e. The van der Waals surface area contributed by atoms with Gasteiger partial charge in [0.15, 0.2) is 0 Å². The molecule has 0 fully saturated rings. The van der Waals surface area contributed by atoms with Gasteiger partial charge < -0.3 is 4.79 Å².